The molecule has 45 heavy (non-hydrogen) atoms. The van der Waals surface area contributed by atoms with Crippen molar-refractivity contribution in [3.05, 3.63) is 81.2 Å². The molecular weight excluding hydrogens is 635 g/mol. The molecule has 1 unspecified atom stereocenters. The number of nitrogens with zero attached hydrogens (tertiary/aromatic N) is 5. The number of carbonyl (C=O) groups is 2. The highest BCUT2D eigenvalue weighted by Crippen LogP contribution is 2.41. The van der Waals surface area contributed by atoms with Crippen molar-refractivity contribution in [2.75, 3.05) is 7.05 Å². The Labute approximate surface area is 274 Å². The van der Waals surface area contributed by atoms with E-state index in [0.29, 0.717) is 40.1 Å². The lowest BCUT2D eigenvalue weighted by molar-refractivity contribution is -0.122. The Morgan fingerprint density at radius 2 is 1.98 bits per heavy atom. The molecule has 0 aliphatic rings. The Hall–Kier alpha value is -4.26. The van der Waals surface area contributed by atoms with E-state index in [2.05, 4.69) is 51.7 Å². The number of halogens is 2. The molecule has 1 atom stereocenters. The molecule has 2 amide bonds. The maximum absolute atomic E-state index is 13.5. The standard InChI is InChI=1S/C31H31ClN8O3S.ClH/c1-31(2,3)25(14-27(41)34-16-28-37-26(39-43-28)13-19-6-5-9-44-19)40-24-12-17(30(42)33-4)7-8-22(24)36-29(40)18-10-21(32)20-15-35-38-23(20)11-18;/h5-12,15,25H,13-14,16H2,1-4H3,(H,33,42)(H,34,41)(H,35,38);1H. The van der Waals surface area contributed by atoms with Crippen molar-refractivity contribution < 1.29 is 14.1 Å². The number of carbonyl (C=O) groups excluding carboxylic acids is 2. The van der Waals surface area contributed by atoms with Crippen molar-refractivity contribution in [1.29, 1.82) is 0 Å². The fourth-order valence-electron chi connectivity index (χ4n) is 5.24. The summed E-state index contributed by atoms with van der Waals surface area (Å²) in [5, 5.41) is 20.1. The van der Waals surface area contributed by atoms with Gasteiger partial charge in [0.2, 0.25) is 11.8 Å². The highest BCUT2D eigenvalue weighted by molar-refractivity contribution is 7.09. The van der Waals surface area contributed by atoms with Crippen LogP contribution in [0.5, 0.6) is 0 Å². The molecule has 0 aliphatic carbocycles. The van der Waals surface area contributed by atoms with Crippen molar-refractivity contribution >= 4 is 69.1 Å². The van der Waals surface area contributed by atoms with E-state index in [0.717, 1.165) is 26.9 Å². The van der Waals surface area contributed by atoms with E-state index < -0.39 is 5.41 Å². The Morgan fingerprint density at radius 3 is 2.71 bits per heavy atom. The van der Waals surface area contributed by atoms with Crippen LogP contribution in [0.15, 0.2) is 58.6 Å². The van der Waals surface area contributed by atoms with Crippen LogP contribution in [0.3, 0.4) is 0 Å². The molecule has 0 fully saturated rings. The minimum atomic E-state index is -0.400. The number of thiophene rings is 1. The highest BCUT2D eigenvalue weighted by atomic mass is 35.5. The number of hydrogen-bond donors (Lipinski definition) is 3. The molecule has 3 N–H and O–H groups in total. The number of aromatic amines is 1. The van der Waals surface area contributed by atoms with Gasteiger partial charge in [-0.25, -0.2) is 4.98 Å². The number of benzene rings is 2. The number of imidazole rings is 1. The molecule has 234 valence electrons. The monoisotopic (exact) mass is 666 g/mol. The predicted molar refractivity (Wildman–Crippen MR) is 177 cm³/mol. The van der Waals surface area contributed by atoms with E-state index in [1.807, 2.05) is 46.3 Å². The van der Waals surface area contributed by atoms with Crippen LogP contribution in [-0.4, -0.2) is 48.8 Å². The van der Waals surface area contributed by atoms with Gasteiger partial charge in [-0.3, -0.25) is 14.7 Å². The summed E-state index contributed by atoms with van der Waals surface area (Å²) in [6.45, 7) is 6.33. The van der Waals surface area contributed by atoms with Crippen molar-refractivity contribution in [2.24, 2.45) is 5.41 Å². The third-order valence-electron chi connectivity index (χ3n) is 7.49. The van der Waals surface area contributed by atoms with Gasteiger partial charge in [0.1, 0.15) is 5.82 Å². The number of aromatic nitrogens is 6. The maximum Gasteiger partial charge on any atom is 0.251 e. The largest absolute Gasteiger partial charge is 0.355 e. The fourth-order valence-corrected chi connectivity index (χ4v) is 6.21. The number of amides is 2. The van der Waals surface area contributed by atoms with Gasteiger partial charge in [-0.2, -0.15) is 10.1 Å². The van der Waals surface area contributed by atoms with Gasteiger partial charge in [0.05, 0.1) is 34.3 Å². The first-order chi connectivity index (χ1) is 21.1. The van der Waals surface area contributed by atoms with E-state index in [4.69, 9.17) is 21.1 Å². The maximum atomic E-state index is 13.5. The van der Waals surface area contributed by atoms with Gasteiger partial charge in [0, 0.05) is 47.3 Å². The normalized spacial score (nSPS) is 12.3. The zero-order valence-electron chi connectivity index (χ0n) is 25.1. The minimum absolute atomic E-state index is 0. The Balaban J connectivity index is 0.00000400. The zero-order chi connectivity index (χ0) is 31.0. The first-order valence-electron chi connectivity index (χ1n) is 14.1. The molecule has 6 aromatic rings. The third-order valence-corrected chi connectivity index (χ3v) is 8.68. The van der Waals surface area contributed by atoms with Gasteiger partial charge in [-0.05, 0) is 47.2 Å². The smallest absolute Gasteiger partial charge is 0.251 e. The van der Waals surface area contributed by atoms with Crippen molar-refractivity contribution in [3.8, 4) is 11.4 Å². The van der Waals surface area contributed by atoms with Crippen LogP contribution in [0.1, 0.15) is 60.2 Å². The van der Waals surface area contributed by atoms with Crippen molar-refractivity contribution in [3.63, 3.8) is 0 Å². The van der Waals surface area contributed by atoms with Crippen LogP contribution in [0, 0.1) is 5.41 Å². The van der Waals surface area contributed by atoms with Gasteiger partial charge >= 0.3 is 0 Å². The molecule has 0 saturated carbocycles. The molecule has 0 spiro atoms. The summed E-state index contributed by atoms with van der Waals surface area (Å²) < 4.78 is 7.43. The molecule has 6 rings (SSSR count). The third kappa shape index (κ3) is 6.73. The topological polar surface area (TPSA) is 144 Å². The molecule has 4 aromatic heterocycles. The average molecular weight is 668 g/mol. The van der Waals surface area contributed by atoms with Crippen LogP contribution >= 0.6 is 35.3 Å². The highest BCUT2D eigenvalue weighted by Gasteiger charge is 2.33. The Bertz CT molecular complexity index is 1970. The molecule has 4 heterocycles. The summed E-state index contributed by atoms with van der Waals surface area (Å²) in [5.74, 6) is 1.11. The quantitative estimate of drug-likeness (QED) is 0.163. The van der Waals surface area contributed by atoms with E-state index in [1.165, 1.54) is 0 Å². The zero-order valence-corrected chi connectivity index (χ0v) is 27.4. The second-order valence-electron chi connectivity index (χ2n) is 11.6. The number of hydrogen-bond acceptors (Lipinski definition) is 8. The van der Waals surface area contributed by atoms with Crippen LogP contribution in [0.2, 0.25) is 5.02 Å². The van der Waals surface area contributed by atoms with E-state index in [-0.39, 0.29) is 43.2 Å². The molecule has 2 aromatic carbocycles. The fraction of sp³-hybridized carbons (Fsp3) is 0.290. The van der Waals surface area contributed by atoms with E-state index >= 15 is 0 Å². The van der Waals surface area contributed by atoms with E-state index in [1.54, 1.807) is 30.6 Å². The minimum Gasteiger partial charge on any atom is -0.355 e. The molecule has 0 aliphatic heterocycles. The van der Waals surface area contributed by atoms with Crippen molar-refractivity contribution in [1.82, 2.24) is 40.5 Å². The van der Waals surface area contributed by atoms with Crippen LogP contribution in [0.4, 0.5) is 0 Å². The number of nitrogens with one attached hydrogen (secondary N) is 3. The SMILES string of the molecule is CNC(=O)c1ccc2nc(-c3cc(Cl)c4cn[nH]c4c3)n(C(CC(=O)NCc3nc(Cc4cccs4)no3)C(C)(C)C)c2c1.Cl. The number of fused-ring (bicyclic) bond motifs is 2. The van der Waals surface area contributed by atoms with Crippen LogP contribution in [-0.2, 0) is 17.8 Å². The Kier molecular flexibility index (Phi) is 9.28. The second kappa shape index (κ2) is 13.0. The van der Waals surface area contributed by atoms with Gasteiger partial charge in [0.15, 0.2) is 5.82 Å². The summed E-state index contributed by atoms with van der Waals surface area (Å²) in [5.41, 5.74) is 3.02. The Morgan fingerprint density at radius 1 is 1.16 bits per heavy atom. The van der Waals surface area contributed by atoms with Gasteiger partial charge in [0.25, 0.3) is 5.91 Å². The van der Waals surface area contributed by atoms with Crippen LogP contribution < -0.4 is 10.6 Å². The molecule has 0 saturated heterocycles. The summed E-state index contributed by atoms with van der Waals surface area (Å²) in [6, 6.07) is 12.8. The van der Waals surface area contributed by atoms with E-state index in [9.17, 15) is 9.59 Å². The van der Waals surface area contributed by atoms with Gasteiger partial charge in [-0.1, -0.05) is 43.6 Å². The summed E-state index contributed by atoms with van der Waals surface area (Å²) in [7, 11) is 1.59. The molecule has 0 bridgehead atoms. The molecule has 14 heteroatoms. The predicted octanol–water partition coefficient (Wildman–Crippen LogP) is 6.34. The molecule has 0 radical (unpaired) electrons. The van der Waals surface area contributed by atoms with Crippen molar-refractivity contribution in [2.45, 2.75) is 46.2 Å². The van der Waals surface area contributed by atoms with Crippen LogP contribution in [0.25, 0.3) is 33.3 Å². The van der Waals surface area contributed by atoms with Gasteiger partial charge < -0.3 is 19.7 Å². The first-order valence-corrected chi connectivity index (χ1v) is 15.3. The number of rotatable bonds is 9. The summed E-state index contributed by atoms with van der Waals surface area (Å²) >= 11 is 8.28. The lowest BCUT2D eigenvalue weighted by atomic mass is 9.84. The van der Waals surface area contributed by atoms with Gasteiger partial charge in [-0.15, -0.1) is 23.7 Å². The summed E-state index contributed by atoms with van der Waals surface area (Å²) in [4.78, 5) is 36.7. The lowest BCUT2D eigenvalue weighted by Gasteiger charge is -2.33. The number of H-pyrrole nitrogens is 1. The summed E-state index contributed by atoms with van der Waals surface area (Å²) in [6.07, 6.45) is 2.38. The average Bonchev–Trinajstić information content (AvgIpc) is 3.81. The molecular formula is C31H32Cl2N8O3S. The second-order valence-corrected chi connectivity index (χ2v) is 13.0. The lowest BCUT2D eigenvalue weighted by Crippen LogP contribution is -2.32. The first kappa shape index (κ1) is 32.1. The molecule has 11 nitrogen and oxygen atoms in total.